The predicted octanol–water partition coefficient (Wildman–Crippen LogP) is 6.33. The largest absolute Gasteiger partial charge is 0.348 e. The minimum atomic E-state index is -0.859. The molecule has 0 spiro atoms. The molecule has 0 N–H and O–H groups in total. The van der Waals surface area contributed by atoms with Crippen LogP contribution in [0.3, 0.4) is 0 Å². The minimum Gasteiger partial charge on any atom is -0.287 e. The van der Waals surface area contributed by atoms with E-state index in [0.29, 0.717) is 21.2 Å². The van der Waals surface area contributed by atoms with E-state index < -0.39 is 26.9 Å². The monoisotopic (exact) mass is 540 g/mol. The van der Waals surface area contributed by atoms with E-state index in [1.54, 1.807) is 36.4 Å². The minimum absolute atomic E-state index is 0.00440. The highest BCUT2D eigenvalue weighted by molar-refractivity contribution is 6.42. The summed E-state index contributed by atoms with van der Waals surface area (Å²) in [7, 11) is 0. The van der Waals surface area contributed by atoms with Crippen molar-refractivity contribution in [3.05, 3.63) is 110 Å². The molecule has 4 aromatic rings. The summed E-state index contributed by atoms with van der Waals surface area (Å²) in [5, 5.41) is 24.2. The fraction of sp³-hybridized carbons (Fsp3) is 0.0952. The Morgan fingerprint density at radius 2 is 1.03 bits per heavy atom. The molecule has 13 heteroatoms. The second kappa shape index (κ2) is 9.27. The van der Waals surface area contributed by atoms with Crippen molar-refractivity contribution < 1.29 is 9.85 Å². The third-order valence-electron chi connectivity index (χ3n) is 5.16. The highest BCUT2D eigenvalue weighted by Crippen LogP contribution is 2.33. The average Bonchev–Trinajstić information content (AvgIpc) is 3.03. The molecule has 0 aliphatic carbocycles. The second-order valence-corrected chi connectivity index (χ2v) is 8.92. The summed E-state index contributed by atoms with van der Waals surface area (Å²) in [6.45, 7) is -0.00881. The van der Waals surface area contributed by atoms with Crippen molar-refractivity contribution in [1.29, 1.82) is 0 Å². The van der Waals surface area contributed by atoms with Gasteiger partial charge in [0, 0.05) is 12.1 Å². The van der Waals surface area contributed by atoms with Gasteiger partial charge in [0.2, 0.25) is 0 Å². The first kappa shape index (κ1) is 24.0. The molecule has 4 rings (SSSR count). The lowest BCUT2D eigenvalue weighted by Crippen LogP contribution is -2.25. The van der Waals surface area contributed by atoms with Crippen LogP contribution in [0.15, 0.2) is 53.3 Å². The first-order valence-corrected chi connectivity index (χ1v) is 11.0. The van der Waals surface area contributed by atoms with Crippen LogP contribution in [-0.4, -0.2) is 19.0 Å². The smallest absolute Gasteiger partial charge is 0.287 e. The standard InChI is InChI=1S/C21H12Cl4N4O5/c22-13-3-1-11(5-15(13)24)9-26-17-7-19(28(31)32)20(29(33)34)8-18(17)27(21(26)30)10-12-2-4-14(23)16(25)6-12/h1-8H,9-10H2. The van der Waals surface area contributed by atoms with Crippen LogP contribution in [0.25, 0.3) is 11.0 Å². The number of rotatable bonds is 6. The lowest BCUT2D eigenvalue weighted by molar-refractivity contribution is -0.422. The van der Waals surface area contributed by atoms with Crippen LogP contribution in [0.1, 0.15) is 11.1 Å². The van der Waals surface area contributed by atoms with Crippen molar-refractivity contribution in [2.45, 2.75) is 13.1 Å². The van der Waals surface area contributed by atoms with Crippen molar-refractivity contribution in [2.75, 3.05) is 0 Å². The lowest BCUT2D eigenvalue weighted by Gasteiger charge is -2.06. The van der Waals surface area contributed by atoms with Crippen LogP contribution >= 0.6 is 46.4 Å². The van der Waals surface area contributed by atoms with Gasteiger partial charge in [-0.05, 0) is 35.4 Å². The quantitative estimate of drug-likeness (QED) is 0.209. The third-order valence-corrected chi connectivity index (χ3v) is 6.64. The number of nitro groups is 2. The van der Waals surface area contributed by atoms with E-state index in [2.05, 4.69) is 0 Å². The van der Waals surface area contributed by atoms with Crippen LogP contribution < -0.4 is 5.69 Å². The molecule has 0 atom stereocenters. The summed E-state index contributed by atoms with van der Waals surface area (Å²) in [6, 6.07) is 11.6. The number of nitrogens with zero attached hydrogens (tertiary/aromatic N) is 4. The zero-order valence-corrected chi connectivity index (χ0v) is 19.9. The van der Waals surface area contributed by atoms with Gasteiger partial charge in [0.1, 0.15) is 0 Å². The Hall–Kier alpha value is -3.11. The topological polar surface area (TPSA) is 113 Å². The molecule has 0 saturated carbocycles. The van der Waals surface area contributed by atoms with Gasteiger partial charge in [-0.25, -0.2) is 4.79 Å². The molecule has 9 nitrogen and oxygen atoms in total. The van der Waals surface area contributed by atoms with Crippen molar-refractivity contribution in [2.24, 2.45) is 0 Å². The van der Waals surface area contributed by atoms with Gasteiger partial charge in [0.15, 0.2) is 0 Å². The van der Waals surface area contributed by atoms with E-state index in [9.17, 15) is 25.0 Å². The van der Waals surface area contributed by atoms with Crippen LogP contribution in [0.4, 0.5) is 11.4 Å². The molecule has 0 saturated heterocycles. The second-order valence-electron chi connectivity index (χ2n) is 7.30. The number of hydrogen-bond donors (Lipinski definition) is 0. The summed E-state index contributed by atoms with van der Waals surface area (Å²) >= 11 is 24.1. The summed E-state index contributed by atoms with van der Waals surface area (Å²) in [6.07, 6.45) is 0. The fourth-order valence-electron chi connectivity index (χ4n) is 3.58. The summed E-state index contributed by atoms with van der Waals surface area (Å²) in [5.74, 6) is 0. The van der Waals surface area contributed by atoms with E-state index in [0.717, 1.165) is 12.1 Å². The maximum Gasteiger partial charge on any atom is 0.348 e. The van der Waals surface area contributed by atoms with E-state index in [1.165, 1.54) is 9.13 Å². The number of imidazole rings is 1. The van der Waals surface area contributed by atoms with Crippen molar-refractivity contribution >= 4 is 68.8 Å². The van der Waals surface area contributed by atoms with Gasteiger partial charge < -0.3 is 0 Å². The molecule has 0 amide bonds. The molecule has 0 aliphatic rings. The Bertz CT molecular complexity index is 1440. The van der Waals surface area contributed by atoms with E-state index in [1.807, 2.05) is 0 Å². The maximum absolute atomic E-state index is 13.4. The Labute approximate surface area is 210 Å². The molecule has 1 heterocycles. The molecule has 0 radical (unpaired) electrons. The number of fused-ring (bicyclic) bond motifs is 1. The molecule has 34 heavy (non-hydrogen) atoms. The summed E-state index contributed by atoms with van der Waals surface area (Å²) in [5.41, 5.74) is -0.500. The molecule has 0 unspecified atom stereocenters. The zero-order valence-electron chi connectivity index (χ0n) is 16.9. The number of nitro benzene ring substituents is 2. The van der Waals surface area contributed by atoms with Gasteiger partial charge in [-0.15, -0.1) is 0 Å². The SMILES string of the molecule is O=c1n(Cc2ccc(Cl)c(Cl)c2)c2cc([N+](=O)[O-])c([N+](=O)[O-])cc2n1Cc1ccc(Cl)c(Cl)c1. The molecule has 1 aromatic heterocycles. The number of benzene rings is 3. The van der Waals surface area contributed by atoms with Crippen LogP contribution in [0, 0.1) is 20.2 Å². The molecule has 3 aromatic carbocycles. The number of halogens is 4. The lowest BCUT2D eigenvalue weighted by atomic mass is 10.2. The third kappa shape index (κ3) is 4.47. The number of aromatic nitrogens is 2. The molecule has 174 valence electrons. The van der Waals surface area contributed by atoms with E-state index in [4.69, 9.17) is 46.4 Å². The van der Waals surface area contributed by atoms with Crippen molar-refractivity contribution in [3.63, 3.8) is 0 Å². The Balaban J connectivity index is 1.96. The molecular weight excluding hydrogens is 530 g/mol. The maximum atomic E-state index is 13.4. The van der Waals surface area contributed by atoms with Gasteiger partial charge in [0.05, 0.1) is 54.1 Å². The van der Waals surface area contributed by atoms with Crippen LogP contribution in [-0.2, 0) is 13.1 Å². The van der Waals surface area contributed by atoms with Gasteiger partial charge in [0.25, 0.3) is 0 Å². The predicted molar refractivity (Wildman–Crippen MR) is 131 cm³/mol. The molecule has 0 fully saturated rings. The average molecular weight is 542 g/mol. The Morgan fingerprint density at radius 1 is 0.647 bits per heavy atom. The number of hydrogen-bond acceptors (Lipinski definition) is 5. The molecule has 0 bridgehead atoms. The van der Waals surface area contributed by atoms with Crippen LogP contribution in [0.2, 0.25) is 20.1 Å². The summed E-state index contributed by atoms with van der Waals surface area (Å²) < 4.78 is 2.56. The van der Waals surface area contributed by atoms with Gasteiger partial charge in [-0.1, -0.05) is 58.5 Å². The zero-order chi connectivity index (χ0) is 24.7. The Morgan fingerprint density at radius 3 is 1.35 bits per heavy atom. The first-order valence-electron chi connectivity index (χ1n) is 9.50. The molecular formula is C21H12Cl4N4O5. The molecule has 0 aliphatic heterocycles. The highest BCUT2D eigenvalue weighted by atomic mass is 35.5. The van der Waals surface area contributed by atoms with E-state index in [-0.39, 0.29) is 34.2 Å². The normalized spacial score (nSPS) is 11.2. The van der Waals surface area contributed by atoms with Crippen LogP contribution in [0.5, 0.6) is 0 Å². The van der Waals surface area contributed by atoms with Gasteiger partial charge >= 0.3 is 17.1 Å². The highest BCUT2D eigenvalue weighted by Gasteiger charge is 2.28. The van der Waals surface area contributed by atoms with Gasteiger partial charge in [-0.3, -0.25) is 29.4 Å². The van der Waals surface area contributed by atoms with Crippen molar-refractivity contribution in [3.8, 4) is 0 Å². The first-order chi connectivity index (χ1) is 16.1. The Kier molecular flexibility index (Phi) is 6.55. The van der Waals surface area contributed by atoms with Crippen molar-refractivity contribution in [1.82, 2.24) is 9.13 Å². The van der Waals surface area contributed by atoms with E-state index >= 15 is 0 Å². The fourth-order valence-corrected chi connectivity index (χ4v) is 4.22. The summed E-state index contributed by atoms with van der Waals surface area (Å²) in [4.78, 5) is 34.8. The van der Waals surface area contributed by atoms with Gasteiger partial charge in [-0.2, -0.15) is 0 Å².